The Hall–Kier alpha value is -0.910. The Labute approximate surface area is 112 Å². The Balaban J connectivity index is 2.15. The van der Waals surface area contributed by atoms with Gasteiger partial charge in [0.1, 0.15) is 0 Å². The molecule has 0 fully saturated rings. The van der Waals surface area contributed by atoms with Crippen LogP contribution in [-0.4, -0.2) is 30.1 Å². The van der Waals surface area contributed by atoms with Crippen LogP contribution in [0.25, 0.3) is 0 Å². The van der Waals surface area contributed by atoms with Crippen LogP contribution in [0.1, 0.15) is 38.4 Å². The summed E-state index contributed by atoms with van der Waals surface area (Å²) in [5.74, 6) is -0.0199. The lowest BCUT2D eigenvalue weighted by Gasteiger charge is -2.14. The topological polar surface area (TPSA) is 61.4 Å². The van der Waals surface area contributed by atoms with Gasteiger partial charge in [0.05, 0.1) is 12.6 Å². The van der Waals surface area contributed by atoms with E-state index in [1.54, 1.807) is 11.3 Å². The normalized spacial score (nSPS) is 14.2. The zero-order valence-corrected chi connectivity index (χ0v) is 11.8. The summed E-state index contributed by atoms with van der Waals surface area (Å²) in [5.41, 5.74) is 0.896. The molecule has 0 radical (unpaired) electrons. The third-order valence-electron chi connectivity index (χ3n) is 2.68. The minimum atomic E-state index is -0.544. The van der Waals surface area contributed by atoms with Crippen molar-refractivity contribution in [1.29, 1.82) is 0 Å². The van der Waals surface area contributed by atoms with Crippen molar-refractivity contribution in [2.45, 2.75) is 38.8 Å². The molecule has 0 aliphatic heterocycles. The van der Waals surface area contributed by atoms with Gasteiger partial charge in [0.2, 0.25) is 5.91 Å². The maximum absolute atomic E-state index is 11.5. The second-order valence-electron chi connectivity index (χ2n) is 4.46. The molecule has 3 N–H and O–H groups in total. The highest BCUT2D eigenvalue weighted by molar-refractivity contribution is 7.07. The van der Waals surface area contributed by atoms with Crippen LogP contribution < -0.4 is 10.6 Å². The number of hydrogen-bond donors (Lipinski definition) is 3. The molecule has 0 saturated heterocycles. The first-order valence-electron chi connectivity index (χ1n) is 6.33. The number of rotatable bonds is 8. The molecule has 0 aliphatic rings. The maximum atomic E-state index is 11.5. The van der Waals surface area contributed by atoms with Crippen LogP contribution in [0.4, 0.5) is 0 Å². The Bertz CT molecular complexity index is 341. The zero-order valence-electron chi connectivity index (χ0n) is 11.0. The van der Waals surface area contributed by atoms with Crippen molar-refractivity contribution in [3.63, 3.8) is 0 Å². The molecular formula is C13H22N2O2S. The van der Waals surface area contributed by atoms with Crippen LogP contribution in [0.2, 0.25) is 0 Å². The molecule has 0 saturated carbocycles. The molecule has 4 nitrogen and oxygen atoms in total. The molecule has 5 heteroatoms. The minimum absolute atomic E-state index is 0.0199. The van der Waals surface area contributed by atoms with E-state index in [4.69, 9.17) is 0 Å². The van der Waals surface area contributed by atoms with Crippen molar-refractivity contribution in [3.05, 3.63) is 22.4 Å². The molecule has 1 amide bonds. The van der Waals surface area contributed by atoms with Crippen LogP contribution >= 0.6 is 11.3 Å². The first-order valence-corrected chi connectivity index (χ1v) is 7.28. The molecule has 0 aromatic carbocycles. The van der Waals surface area contributed by atoms with Crippen molar-refractivity contribution >= 4 is 17.2 Å². The molecule has 0 spiro atoms. The Morgan fingerprint density at radius 1 is 1.56 bits per heavy atom. The van der Waals surface area contributed by atoms with Crippen LogP contribution in [0, 0.1) is 0 Å². The average Bonchev–Trinajstić information content (AvgIpc) is 2.82. The monoisotopic (exact) mass is 270 g/mol. The lowest BCUT2D eigenvalue weighted by molar-refractivity contribution is -0.120. The van der Waals surface area contributed by atoms with Crippen LogP contribution in [0.3, 0.4) is 0 Å². The highest BCUT2D eigenvalue weighted by atomic mass is 32.1. The van der Waals surface area contributed by atoms with Gasteiger partial charge < -0.3 is 15.7 Å². The second kappa shape index (κ2) is 8.24. The molecular weight excluding hydrogens is 248 g/mol. The van der Waals surface area contributed by atoms with Crippen LogP contribution in [-0.2, 0) is 4.79 Å². The first kappa shape index (κ1) is 15.1. The molecule has 1 aromatic heterocycles. The summed E-state index contributed by atoms with van der Waals surface area (Å²) in [6.07, 6.45) is 1.51. The highest BCUT2D eigenvalue weighted by Crippen LogP contribution is 2.14. The number of thiophene rings is 1. The minimum Gasteiger partial charge on any atom is -0.387 e. The summed E-state index contributed by atoms with van der Waals surface area (Å²) >= 11 is 1.55. The quantitative estimate of drug-likeness (QED) is 0.673. The Morgan fingerprint density at radius 2 is 2.33 bits per heavy atom. The molecule has 2 unspecified atom stereocenters. The van der Waals surface area contributed by atoms with E-state index in [9.17, 15) is 9.90 Å². The molecule has 1 rings (SSSR count). The van der Waals surface area contributed by atoms with E-state index in [2.05, 4.69) is 17.6 Å². The summed E-state index contributed by atoms with van der Waals surface area (Å²) < 4.78 is 0. The SMILES string of the molecule is CCCC(C)NC(=O)CNCC(O)c1ccsc1. The maximum Gasteiger partial charge on any atom is 0.234 e. The van der Waals surface area contributed by atoms with E-state index in [1.807, 2.05) is 23.8 Å². The van der Waals surface area contributed by atoms with Crippen molar-refractivity contribution in [2.24, 2.45) is 0 Å². The second-order valence-corrected chi connectivity index (χ2v) is 5.24. The summed E-state index contributed by atoms with van der Waals surface area (Å²) in [4.78, 5) is 11.5. The van der Waals surface area contributed by atoms with Crippen LogP contribution in [0.5, 0.6) is 0 Å². The molecule has 18 heavy (non-hydrogen) atoms. The standard InChI is InChI=1S/C13H22N2O2S/c1-3-4-10(2)15-13(17)8-14-7-12(16)11-5-6-18-9-11/h5-6,9-10,12,14,16H,3-4,7-8H2,1-2H3,(H,15,17). The van der Waals surface area contributed by atoms with E-state index < -0.39 is 6.10 Å². The number of amides is 1. The number of carbonyl (C=O) groups excluding carboxylic acids is 1. The van der Waals surface area contributed by atoms with Gasteiger partial charge in [-0.2, -0.15) is 11.3 Å². The lowest BCUT2D eigenvalue weighted by atomic mass is 10.2. The third kappa shape index (κ3) is 5.62. The fourth-order valence-electron chi connectivity index (χ4n) is 1.74. The van der Waals surface area contributed by atoms with Gasteiger partial charge in [-0.05, 0) is 35.7 Å². The van der Waals surface area contributed by atoms with E-state index in [-0.39, 0.29) is 18.5 Å². The van der Waals surface area contributed by atoms with Gasteiger partial charge in [-0.1, -0.05) is 13.3 Å². The van der Waals surface area contributed by atoms with E-state index in [0.29, 0.717) is 6.54 Å². The fourth-order valence-corrected chi connectivity index (χ4v) is 2.44. The highest BCUT2D eigenvalue weighted by Gasteiger charge is 2.09. The van der Waals surface area contributed by atoms with Crippen molar-refractivity contribution in [3.8, 4) is 0 Å². The predicted octanol–water partition coefficient (Wildman–Crippen LogP) is 1.68. The number of carbonyl (C=O) groups is 1. The average molecular weight is 270 g/mol. The van der Waals surface area contributed by atoms with Crippen molar-refractivity contribution in [1.82, 2.24) is 10.6 Å². The summed E-state index contributed by atoms with van der Waals surface area (Å²) in [6.45, 7) is 4.74. The third-order valence-corrected chi connectivity index (χ3v) is 3.38. The molecule has 1 aromatic rings. The van der Waals surface area contributed by atoms with Crippen LogP contribution in [0.15, 0.2) is 16.8 Å². The van der Waals surface area contributed by atoms with Gasteiger partial charge in [0.25, 0.3) is 0 Å². The van der Waals surface area contributed by atoms with Gasteiger partial charge >= 0.3 is 0 Å². The zero-order chi connectivity index (χ0) is 13.4. The van der Waals surface area contributed by atoms with Gasteiger partial charge in [0, 0.05) is 12.6 Å². The number of hydrogen-bond acceptors (Lipinski definition) is 4. The smallest absolute Gasteiger partial charge is 0.234 e. The Morgan fingerprint density at radius 3 is 2.94 bits per heavy atom. The van der Waals surface area contributed by atoms with Gasteiger partial charge in [-0.3, -0.25) is 4.79 Å². The number of aliphatic hydroxyl groups is 1. The van der Waals surface area contributed by atoms with Gasteiger partial charge in [0.15, 0.2) is 0 Å². The lowest BCUT2D eigenvalue weighted by Crippen LogP contribution is -2.39. The molecule has 2 atom stereocenters. The molecule has 102 valence electrons. The molecule has 0 bridgehead atoms. The van der Waals surface area contributed by atoms with Crippen molar-refractivity contribution in [2.75, 3.05) is 13.1 Å². The first-order chi connectivity index (χ1) is 8.63. The number of nitrogens with one attached hydrogen (secondary N) is 2. The van der Waals surface area contributed by atoms with Gasteiger partial charge in [-0.25, -0.2) is 0 Å². The van der Waals surface area contributed by atoms with E-state index in [0.717, 1.165) is 18.4 Å². The predicted molar refractivity (Wildman–Crippen MR) is 74.7 cm³/mol. The van der Waals surface area contributed by atoms with Gasteiger partial charge in [-0.15, -0.1) is 0 Å². The summed E-state index contributed by atoms with van der Waals surface area (Å²) in [7, 11) is 0. The molecule has 1 heterocycles. The largest absolute Gasteiger partial charge is 0.387 e. The Kier molecular flexibility index (Phi) is 6.93. The van der Waals surface area contributed by atoms with E-state index >= 15 is 0 Å². The number of aliphatic hydroxyl groups excluding tert-OH is 1. The molecule has 0 aliphatic carbocycles. The summed E-state index contributed by atoms with van der Waals surface area (Å²) in [5, 5.41) is 19.5. The summed E-state index contributed by atoms with van der Waals surface area (Å²) in [6, 6.07) is 2.10. The van der Waals surface area contributed by atoms with Crippen molar-refractivity contribution < 1.29 is 9.90 Å². The fraction of sp³-hybridized carbons (Fsp3) is 0.615. The van der Waals surface area contributed by atoms with E-state index in [1.165, 1.54) is 0 Å².